The van der Waals surface area contributed by atoms with Crippen molar-refractivity contribution in [2.45, 2.75) is 20.8 Å². The van der Waals surface area contributed by atoms with Gasteiger partial charge in [-0.15, -0.1) is 0 Å². The van der Waals surface area contributed by atoms with Crippen molar-refractivity contribution in [3.8, 4) is 11.4 Å². The predicted octanol–water partition coefficient (Wildman–Crippen LogP) is 4.36. The molecular weight excluding hydrogens is 326 g/mol. The molecule has 0 atom stereocenters. The second-order valence-corrected chi connectivity index (χ2v) is 6.04. The summed E-state index contributed by atoms with van der Waals surface area (Å²) < 4.78 is 5.59. The Labute approximate surface area is 152 Å². The summed E-state index contributed by atoms with van der Waals surface area (Å²) in [7, 11) is 0. The second-order valence-electron chi connectivity index (χ2n) is 6.04. The van der Waals surface area contributed by atoms with Crippen LogP contribution >= 0.6 is 0 Å². The lowest BCUT2D eigenvalue weighted by Crippen LogP contribution is -2.21. The van der Waals surface area contributed by atoms with Crippen LogP contribution in [0, 0.1) is 6.92 Å². The molecular formula is C21H23N3O2. The Balaban J connectivity index is 2.06. The molecule has 0 aliphatic carbocycles. The first-order valence-corrected chi connectivity index (χ1v) is 8.76. The summed E-state index contributed by atoms with van der Waals surface area (Å²) in [5.74, 6) is 1.06. The van der Waals surface area contributed by atoms with Gasteiger partial charge >= 0.3 is 5.63 Å². The van der Waals surface area contributed by atoms with Crippen LogP contribution < -0.4 is 5.63 Å². The molecule has 0 aliphatic rings. The summed E-state index contributed by atoms with van der Waals surface area (Å²) in [6.07, 6.45) is 3.64. The SMILES string of the molecule is C=C/C(=C\c1oc(=O)c(-c2nc3ccccc3[nH]2)cc1C)N(CC)CC. The maximum absolute atomic E-state index is 12.6. The number of imidazole rings is 1. The van der Waals surface area contributed by atoms with E-state index in [4.69, 9.17) is 4.42 Å². The average Bonchev–Trinajstić information content (AvgIpc) is 3.08. The van der Waals surface area contributed by atoms with Crippen LogP contribution in [-0.2, 0) is 0 Å². The lowest BCUT2D eigenvalue weighted by Gasteiger charge is -2.22. The van der Waals surface area contributed by atoms with E-state index < -0.39 is 5.63 Å². The molecule has 5 heteroatoms. The largest absolute Gasteiger partial charge is 0.422 e. The molecule has 1 aromatic carbocycles. The minimum absolute atomic E-state index is 0.413. The number of H-pyrrole nitrogens is 1. The fraction of sp³-hybridized carbons (Fsp3) is 0.238. The van der Waals surface area contributed by atoms with E-state index in [2.05, 4.69) is 35.3 Å². The Morgan fingerprint density at radius 3 is 2.69 bits per heavy atom. The number of fused-ring (bicyclic) bond motifs is 1. The lowest BCUT2D eigenvalue weighted by molar-refractivity contribution is 0.396. The van der Waals surface area contributed by atoms with Gasteiger partial charge in [-0.25, -0.2) is 9.78 Å². The van der Waals surface area contributed by atoms with Crippen molar-refractivity contribution < 1.29 is 4.42 Å². The fourth-order valence-corrected chi connectivity index (χ4v) is 2.97. The van der Waals surface area contributed by atoms with Gasteiger partial charge in [0.05, 0.1) is 11.0 Å². The quantitative estimate of drug-likeness (QED) is 0.672. The van der Waals surface area contributed by atoms with Gasteiger partial charge in [0.25, 0.3) is 0 Å². The van der Waals surface area contributed by atoms with E-state index in [1.807, 2.05) is 43.3 Å². The Morgan fingerprint density at radius 1 is 1.31 bits per heavy atom. The second kappa shape index (κ2) is 7.44. The first-order chi connectivity index (χ1) is 12.6. The number of hydrogen-bond acceptors (Lipinski definition) is 4. The van der Waals surface area contributed by atoms with E-state index >= 15 is 0 Å². The van der Waals surface area contributed by atoms with Crippen molar-refractivity contribution in [3.05, 3.63) is 70.4 Å². The van der Waals surface area contributed by atoms with Crippen molar-refractivity contribution >= 4 is 17.1 Å². The van der Waals surface area contributed by atoms with Gasteiger partial charge in [0, 0.05) is 24.9 Å². The molecule has 0 aliphatic heterocycles. The number of nitrogens with one attached hydrogen (secondary N) is 1. The molecule has 2 aromatic heterocycles. The first-order valence-electron chi connectivity index (χ1n) is 8.76. The highest BCUT2D eigenvalue weighted by molar-refractivity contribution is 5.79. The van der Waals surface area contributed by atoms with Gasteiger partial charge < -0.3 is 14.3 Å². The number of aryl methyl sites for hydroxylation is 1. The molecule has 3 aromatic rings. The highest BCUT2D eigenvalue weighted by atomic mass is 16.4. The van der Waals surface area contributed by atoms with E-state index in [1.54, 1.807) is 6.08 Å². The van der Waals surface area contributed by atoms with Crippen molar-refractivity contribution in [2.24, 2.45) is 0 Å². The van der Waals surface area contributed by atoms with Crippen molar-refractivity contribution in [3.63, 3.8) is 0 Å². The normalized spacial score (nSPS) is 11.7. The lowest BCUT2D eigenvalue weighted by atomic mass is 10.1. The zero-order valence-electron chi connectivity index (χ0n) is 15.4. The van der Waals surface area contributed by atoms with Gasteiger partial charge in [0.2, 0.25) is 0 Å². The number of likely N-dealkylation sites (N-methyl/N-ethyl adjacent to an activating group) is 1. The molecule has 0 saturated carbocycles. The summed E-state index contributed by atoms with van der Waals surface area (Å²) in [6.45, 7) is 11.7. The smallest absolute Gasteiger partial charge is 0.347 e. The molecule has 1 N–H and O–H groups in total. The van der Waals surface area contributed by atoms with Crippen molar-refractivity contribution in [2.75, 3.05) is 13.1 Å². The number of hydrogen-bond donors (Lipinski definition) is 1. The van der Waals surface area contributed by atoms with E-state index in [0.717, 1.165) is 35.4 Å². The van der Waals surface area contributed by atoms with Crippen LogP contribution in [0.4, 0.5) is 0 Å². The fourth-order valence-electron chi connectivity index (χ4n) is 2.97. The van der Waals surface area contributed by atoms with Crippen LogP contribution in [0.3, 0.4) is 0 Å². The monoisotopic (exact) mass is 349 g/mol. The molecule has 5 nitrogen and oxygen atoms in total. The van der Waals surface area contributed by atoms with Crippen LogP contribution in [0.5, 0.6) is 0 Å². The minimum Gasteiger partial charge on any atom is -0.422 e. The van der Waals surface area contributed by atoms with Gasteiger partial charge in [0.1, 0.15) is 17.1 Å². The third kappa shape index (κ3) is 3.33. The number of rotatable bonds is 6. The number of aromatic nitrogens is 2. The Hall–Kier alpha value is -3.08. The molecule has 2 heterocycles. The van der Waals surface area contributed by atoms with Crippen LogP contribution in [0.15, 0.2) is 57.9 Å². The van der Waals surface area contributed by atoms with Gasteiger partial charge in [-0.1, -0.05) is 18.7 Å². The van der Waals surface area contributed by atoms with Gasteiger partial charge in [-0.05, 0) is 50.6 Å². The third-order valence-electron chi connectivity index (χ3n) is 4.43. The molecule has 3 rings (SSSR count). The number of aromatic amines is 1. The summed E-state index contributed by atoms with van der Waals surface area (Å²) in [4.78, 5) is 22.4. The zero-order valence-corrected chi connectivity index (χ0v) is 15.4. The third-order valence-corrected chi connectivity index (χ3v) is 4.43. The number of para-hydroxylation sites is 2. The number of nitrogens with zero attached hydrogens (tertiary/aromatic N) is 2. The highest BCUT2D eigenvalue weighted by Crippen LogP contribution is 2.21. The predicted molar refractivity (Wildman–Crippen MR) is 106 cm³/mol. The van der Waals surface area contributed by atoms with Crippen LogP contribution in [0.25, 0.3) is 28.5 Å². The molecule has 0 amide bonds. The molecule has 0 saturated heterocycles. The van der Waals surface area contributed by atoms with Crippen LogP contribution in [-0.4, -0.2) is 28.0 Å². The molecule has 134 valence electrons. The number of benzene rings is 1. The molecule has 0 unspecified atom stereocenters. The molecule has 0 spiro atoms. The van der Waals surface area contributed by atoms with E-state index in [9.17, 15) is 4.79 Å². The number of allylic oxidation sites excluding steroid dienone is 1. The summed E-state index contributed by atoms with van der Waals surface area (Å²) in [5.41, 5.74) is 3.52. The maximum Gasteiger partial charge on any atom is 0.347 e. The molecule has 0 fully saturated rings. The zero-order chi connectivity index (χ0) is 18.7. The summed E-state index contributed by atoms with van der Waals surface area (Å²) >= 11 is 0. The van der Waals surface area contributed by atoms with Gasteiger partial charge in [-0.2, -0.15) is 0 Å². The summed E-state index contributed by atoms with van der Waals surface area (Å²) in [6, 6.07) is 9.49. The minimum atomic E-state index is -0.413. The van der Waals surface area contributed by atoms with Crippen molar-refractivity contribution in [1.29, 1.82) is 0 Å². The molecule has 26 heavy (non-hydrogen) atoms. The first kappa shape index (κ1) is 17.7. The summed E-state index contributed by atoms with van der Waals surface area (Å²) in [5, 5.41) is 0. The van der Waals surface area contributed by atoms with E-state index in [0.29, 0.717) is 17.1 Å². The standard InChI is InChI=1S/C21H23N3O2/c1-5-15(24(6-2)7-3)13-19-14(4)12-16(21(25)26-19)20-22-17-10-8-9-11-18(17)23-20/h5,8-13H,1,6-7H2,2-4H3,(H,22,23)/b15-13+. The van der Waals surface area contributed by atoms with Gasteiger partial charge in [-0.3, -0.25) is 0 Å². The molecule has 0 radical (unpaired) electrons. The van der Waals surface area contributed by atoms with E-state index in [-0.39, 0.29) is 0 Å². The van der Waals surface area contributed by atoms with Crippen LogP contribution in [0.2, 0.25) is 0 Å². The Bertz CT molecular complexity index is 990. The topological polar surface area (TPSA) is 62.1 Å². The van der Waals surface area contributed by atoms with Gasteiger partial charge in [0.15, 0.2) is 0 Å². The Morgan fingerprint density at radius 2 is 2.04 bits per heavy atom. The van der Waals surface area contributed by atoms with E-state index in [1.165, 1.54) is 0 Å². The maximum atomic E-state index is 12.6. The average molecular weight is 349 g/mol. The van der Waals surface area contributed by atoms with Crippen LogP contribution in [0.1, 0.15) is 25.2 Å². The van der Waals surface area contributed by atoms with Crippen molar-refractivity contribution in [1.82, 2.24) is 14.9 Å². The highest BCUT2D eigenvalue weighted by Gasteiger charge is 2.14. The Kier molecular flexibility index (Phi) is 5.07. The molecule has 0 bridgehead atoms.